The van der Waals surface area contributed by atoms with Crippen LogP contribution < -0.4 is 5.32 Å². The summed E-state index contributed by atoms with van der Waals surface area (Å²) >= 11 is 2.92. The fourth-order valence-corrected chi connectivity index (χ4v) is 4.85. The number of nitrogens with zero attached hydrogens (tertiary/aromatic N) is 3. The molecule has 6 nitrogen and oxygen atoms in total. The number of pyridine rings is 1. The molecule has 1 aliphatic rings. The Morgan fingerprint density at radius 2 is 2.07 bits per heavy atom. The van der Waals surface area contributed by atoms with Gasteiger partial charge in [0, 0.05) is 29.9 Å². The van der Waals surface area contributed by atoms with Crippen molar-refractivity contribution in [3.63, 3.8) is 0 Å². The molecule has 1 aliphatic heterocycles. The fraction of sp³-hybridized carbons (Fsp3) is 0.300. The molecule has 3 aromatic rings. The van der Waals surface area contributed by atoms with Gasteiger partial charge in [-0.25, -0.2) is 4.98 Å². The van der Waals surface area contributed by atoms with Crippen molar-refractivity contribution in [3.05, 3.63) is 57.3 Å². The average Bonchev–Trinajstić information content (AvgIpc) is 3.49. The number of hydrogen-bond acceptors (Lipinski definition) is 6. The standard InChI is InChI=1S/C20H20N4O2S2/c1-13(19-23-15(12-28-19)14-6-8-21-9-7-14)22-18(25)16-4-2-10-24(16)20(26)17-5-3-11-27-17/h3,5-9,11-13,16H,2,4,10H2,1H3,(H,22,25)/t13?,16-/m0/s1. The molecule has 2 atom stereocenters. The Hall–Kier alpha value is -2.58. The largest absolute Gasteiger partial charge is 0.345 e. The molecule has 1 saturated heterocycles. The van der Waals surface area contributed by atoms with E-state index in [2.05, 4.69) is 15.3 Å². The third kappa shape index (κ3) is 3.83. The van der Waals surface area contributed by atoms with Gasteiger partial charge in [-0.3, -0.25) is 14.6 Å². The minimum absolute atomic E-state index is 0.0606. The second-order valence-corrected chi connectivity index (χ2v) is 8.51. The molecule has 2 amide bonds. The van der Waals surface area contributed by atoms with Crippen LogP contribution in [-0.4, -0.2) is 39.3 Å². The molecular weight excluding hydrogens is 392 g/mol. The van der Waals surface area contributed by atoms with Gasteiger partial charge < -0.3 is 10.2 Å². The van der Waals surface area contributed by atoms with E-state index < -0.39 is 6.04 Å². The summed E-state index contributed by atoms with van der Waals surface area (Å²) in [6, 6.07) is 6.85. The first-order chi connectivity index (χ1) is 13.6. The molecule has 4 rings (SSSR count). The highest BCUT2D eigenvalue weighted by Gasteiger charge is 2.35. The van der Waals surface area contributed by atoms with Crippen molar-refractivity contribution in [1.29, 1.82) is 0 Å². The Bertz CT molecular complexity index is 956. The number of thiazole rings is 1. The molecule has 0 aliphatic carbocycles. The van der Waals surface area contributed by atoms with E-state index in [0.717, 1.165) is 22.7 Å². The Labute approximate surface area is 171 Å². The summed E-state index contributed by atoms with van der Waals surface area (Å²) in [5.74, 6) is -0.176. The lowest BCUT2D eigenvalue weighted by Gasteiger charge is -2.24. The van der Waals surface area contributed by atoms with Gasteiger partial charge in [-0.2, -0.15) is 0 Å². The van der Waals surface area contributed by atoms with Gasteiger partial charge in [-0.15, -0.1) is 22.7 Å². The zero-order chi connectivity index (χ0) is 19.5. The van der Waals surface area contributed by atoms with Gasteiger partial charge in [-0.05, 0) is 43.3 Å². The number of amides is 2. The molecule has 144 valence electrons. The van der Waals surface area contributed by atoms with Crippen LogP contribution in [0, 0.1) is 0 Å². The van der Waals surface area contributed by atoms with Crippen molar-refractivity contribution in [2.75, 3.05) is 6.54 Å². The van der Waals surface area contributed by atoms with E-state index in [0.29, 0.717) is 17.8 Å². The summed E-state index contributed by atoms with van der Waals surface area (Å²) in [6.45, 7) is 2.54. The summed E-state index contributed by atoms with van der Waals surface area (Å²) < 4.78 is 0. The van der Waals surface area contributed by atoms with E-state index in [9.17, 15) is 9.59 Å². The number of rotatable bonds is 5. The summed E-state index contributed by atoms with van der Waals surface area (Å²) in [5.41, 5.74) is 1.87. The summed E-state index contributed by atoms with van der Waals surface area (Å²) in [6.07, 6.45) is 5.00. The van der Waals surface area contributed by atoms with Crippen LogP contribution in [0.4, 0.5) is 0 Å². The van der Waals surface area contributed by atoms with Gasteiger partial charge in [0.1, 0.15) is 11.0 Å². The van der Waals surface area contributed by atoms with Gasteiger partial charge in [0.05, 0.1) is 16.6 Å². The molecule has 0 radical (unpaired) electrons. The number of hydrogen-bond donors (Lipinski definition) is 1. The Morgan fingerprint density at radius 1 is 1.25 bits per heavy atom. The van der Waals surface area contributed by atoms with Crippen LogP contribution in [0.2, 0.25) is 0 Å². The Kier molecular flexibility index (Phi) is 5.50. The lowest BCUT2D eigenvalue weighted by atomic mass is 10.2. The molecule has 3 aromatic heterocycles. The van der Waals surface area contributed by atoms with Gasteiger partial charge >= 0.3 is 0 Å². The van der Waals surface area contributed by atoms with E-state index >= 15 is 0 Å². The summed E-state index contributed by atoms with van der Waals surface area (Å²) in [4.78, 5) is 36.6. The van der Waals surface area contributed by atoms with Crippen LogP contribution in [0.25, 0.3) is 11.3 Å². The monoisotopic (exact) mass is 412 g/mol. The summed E-state index contributed by atoms with van der Waals surface area (Å²) in [7, 11) is 0. The van der Waals surface area contributed by atoms with Gasteiger partial charge in [0.15, 0.2) is 0 Å². The highest BCUT2D eigenvalue weighted by Crippen LogP contribution is 2.26. The molecule has 0 saturated carbocycles. The van der Waals surface area contributed by atoms with Crippen LogP contribution in [0.15, 0.2) is 47.4 Å². The smallest absolute Gasteiger partial charge is 0.264 e. The first-order valence-electron chi connectivity index (χ1n) is 9.14. The van der Waals surface area contributed by atoms with Gasteiger partial charge in [-0.1, -0.05) is 6.07 Å². The number of carbonyl (C=O) groups excluding carboxylic acids is 2. The number of likely N-dealkylation sites (tertiary alicyclic amines) is 1. The molecule has 4 heterocycles. The molecule has 1 N–H and O–H groups in total. The molecule has 1 fully saturated rings. The van der Waals surface area contributed by atoms with E-state index in [1.807, 2.05) is 35.9 Å². The zero-order valence-electron chi connectivity index (χ0n) is 15.4. The Balaban J connectivity index is 1.43. The quantitative estimate of drug-likeness (QED) is 0.693. The third-order valence-corrected chi connectivity index (χ3v) is 6.66. The number of aromatic nitrogens is 2. The second kappa shape index (κ2) is 8.20. The first kappa shape index (κ1) is 18.8. The maximum atomic E-state index is 12.9. The van der Waals surface area contributed by atoms with Crippen LogP contribution in [0.5, 0.6) is 0 Å². The number of carbonyl (C=O) groups is 2. The van der Waals surface area contributed by atoms with Crippen molar-refractivity contribution in [1.82, 2.24) is 20.2 Å². The minimum Gasteiger partial charge on any atom is -0.345 e. The molecular formula is C20H20N4O2S2. The van der Waals surface area contributed by atoms with Crippen molar-refractivity contribution in [3.8, 4) is 11.3 Å². The highest BCUT2D eigenvalue weighted by atomic mass is 32.1. The molecule has 1 unspecified atom stereocenters. The van der Waals surface area contributed by atoms with E-state index in [4.69, 9.17) is 0 Å². The van der Waals surface area contributed by atoms with Gasteiger partial charge in [0.2, 0.25) is 5.91 Å². The first-order valence-corrected chi connectivity index (χ1v) is 10.9. The lowest BCUT2D eigenvalue weighted by Crippen LogP contribution is -2.46. The molecule has 0 aromatic carbocycles. The van der Waals surface area contributed by atoms with Crippen LogP contribution in [0.1, 0.15) is 40.5 Å². The average molecular weight is 413 g/mol. The Morgan fingerprint density at radius 3 is 2.82 bits per heavy atom. The maximum Gasteiger partial charge on any atom is 0.264 e. The topological polar surface area (TPSA) is 75.2 Å². The maximum absolute atomic E-state index is 12.9. The minimum atomic E-state index is -0.420. The van der Waals surface area contributed by atoms with Crippen LogP contribution >= 0.6 is 22.7 Å². The van der Waals surface area contributed by atoms with Crippen molar-refractivity contribution in [2.24, 2.45) is 0 Å². The van der Waals surface area contributed by atoms with E-state index in [1.54, 1.807) is 23.4 Å². The normalized spacial score (nSPS) is 17.5. The summed E-state index contributed by atoms with van der Waals surface area (Å²) in [5, 5.41) is 7.74. The predicted molar refractivity (Wildman–Crippen MR) is 110 cm³/mol. The SMILES string of the molecule is CC(NC(=O)[C@@H]1CCCN1C(=O)c1cccs1)c1nc(-c2ccncc2)cs1. The third-order valence-electron chi connectivity index (χ3n) is 4.78. The van der Waals surface area contributed by atoms with Crippen molar-refractivity contribution in [2.45, 2.75) is 31.8 Å². The number of thiophene rings is 1. The van der Waals surface area contributed by atoms with Gasteiger partial charge in [0.25, 0.3) is 5.91 Å². The van der Waals surface area contributed by atoms with Crippen molar-refractivity contribution >= 4 is 34.5 Å². The predicted octanol–water partition coefficient (Wildman–Crippen LogP) is 3.75. The second-order valence-electron chi connectivity index (χ2n) is 6.67. The fourth-order valence-electron chi connectivity index (χ4n) is 3.34. The molecule has 28 heavy (non-hydrogen) atoms. The molecule has 8 heteroatoms. The molecule has 0 bridgehead atoms. The van der Waals surface area contributed by atoms with Crippen molar-refractivity contribution < 1.29 is 9.59 Å². The number of nitrogens with one attached hydrogen (secondary N) is 1. The van der Waals surface area contributed by atoms with Crippen LogP contribution in [0.3, 0.4) is 0 Å². The lowest BCUT2D eigenvalue weighted by molar-refractivity contribution is -0.125. The van der Waals surface area contributed by atoms with E-state index in [1.165, 1.54) is 22.7 Å². The highest BCUT2D eigenvalue weighted by molar-refractivity contribution is 7.12. The zero-order valence-corrected chi connectivity index (χ0v) is 17.0. The van der Waals surface area contributed by atoms with E-state index in [-0.39, 0.29) is 17.9 Å². The van der Waals surface area contributed by atoms with Crippen LogP contribution in [-0.2, 0) is 4.79 Å². The molecule has 0 spiro atoms.